The normalized spacial score (nSPS) is 21.1. The molecule has 1 amide bonds. The Morgan fingerprint density at radius 2 is 2.10 bits per heavy atom. The first kappa shape index (κ1) is 15.2. The van der Waals surface area contributed by atoms with E-state index in [1.165, 1.54) is 4.90 Å². The summed E-state index contributed by atoms with van der Waals surface area (Å²) in [5.41, 5.74) is -1.13. The molecular formula is C15H19NO5. The molecule has 1 aromatic carbocycles. The Balaban J connectivity index is 2.00. The molecule has 1 aliphatic rings. The number of nitrogens with zero attached hydrogens (tertiary/aromatic N) is 1. The lowest BCUT2D eigenvalue weighted by molar-refractivity contribution is -0.156. The number of carboxylic acids is 1. The van der Waals surface area contributed by atoms with Gasteiger partial charge in [0.05, 0.1) is 7.11 Å². The number of carbonyl (C=O) groups is 2. The van der Waals surface area contributed by atoms with Crippen LogP contribution in [0.25, 0.3) is 0 Å². The summed E-state index contributed by atoms with van der Waals surface area (Å²) in [6.45, 7) is 1.84. The highest BCUT2D eigenvalue weighted by molar-refractivity contribution is 5.88. The van der Waals surface area contributed by atoms with E-state index in [0.717, 1.165) is 0 Å². The van der Waals surface area contributed by atoms with Gasteiger partial charge < -0.3 is 19.5 Å². The van der Waals surface area contributed by atoms with Crippen LogP contribution in [0.4, 0.5) is 0 Å². The van der Waals surface area contributed by atoms with Crippen LogP contribution >= 0.6 is 0 Å². The number of likely N-dealkylation sites (tertiary alicyclic amines) is 1. The highest BCUT2D eigenvalue weighted by Gasteiger charge is 2.45. The minimum atomic E-state index is -1.13. The van der Waals surface area contributed by atoms with Crippen molar-refractivity contribution in [1.82, 2.24) is 4.90 Å². The molecule has 21 heavy (non-hydrogen) atoms. The van der Waals surface area contributed by atoms with Gasteiger partial charge in [0, 0.05) is 12.6 Å². The zero-order chi connectivity index (χ0) is 15.5. The first-order valence-corrected chi connectivity index (χ1v) is 6.78. The van der Waals surface area contributed by atoms with E-state index in [9.17, 15) is 14.7 Å². The van der Waals surface area contributed by atoms with Crippen molar-refractivity contribution in [1.29, 1.82) is 0 Å². The van der Waals surface area contributed by atoms with Crippen LogP contribution in [-0.2, 0) is 9.59 Å². The predicted octanol–water partition coefficient (Wildman–Crippen LogP) is 1.54. The summed E-state index contributed by atoms with van der Waals surface area (Å²) >= 11 is 0. The van der Waals surface area contributed by atoms with E-state index in [4.69, 9.17) is 9.47 Å². The van der Waals surface area contributed by atoms with Crippen molar-refractivity contribution < 1.29 is 24.2 Å². The van der Waals surface area contributed by atoms with E-state index in [1.54, 1.807) is 38.3 Å². The molecule has 0 bridgehead atoms. The molecular weight excluding hydrogens is 274 g/mol. The molecule has 0 saturated carbocycles. The van der Waals surface area contributed by atoms with Crippen LogP contribution in [0, 0.1) is 0 Å². The van der Waals surface area contributed by atoms with Gasteiger partial charge in [0.15, 0.2) is 6.61 Å². The second-order valence-electron chi connectivity index (χ2n) is 5.20. The van der Waals surface area contributed by atoms with E-state index >= 15 is 0 Å². The molecule has 2 rings (SSSR count). The predicted molar refractivity (Wildman–Crippen MR) is 75.5 cm³/mol. The fraction of sp³-hybridized carbons (Fsp3) is 0.467. The third-order valence-electron chi connectivity index (χ3n) is 3.81. The third-order valence-corrected chi connectivity index (χ3v) is 3.81. The first-order chi connectivity index (χ1) is 9.97. The van der Waals surface area contributed by atoms with Crippen molar-refractivity contribution in [2.45, 2.75) is 25.3 Å². The zero-order valence-corrected chi connectivity index (χ0v) is 12.2. The molecule has 6 nitrogen and oxygen atoms in total. The van der Waals surface area contributed by atoms with Gasteiger partial charge in [-0.15, -0.1) is 0 Å². The first-order valence-electron chi connectivity index (χ1n) is 6.78. The second kappa shape index (κ2) is 6.03. The minimum absolute atomic E-state index is 0.184. The smallest absolute Gasteiger partial charge is 0.329 e. The summed E-state index contributed by atoms with van der Waals surface area (Å²) in [6.07, 6.45) is 1.15. The highest BCUT2D eigenvalue weighted by Crippen LogP contribution is 2.29. The molecule has 0 radical (unpaired) electrons. The van der Waals surface area contributed by atoms with Crippen LogP contribution in [-0.4, -0.2) is 47.7 Å². The highest BCUT2D eigenvalue weighted by atomic mass is 16.5. The van der Waals surface area contributed by atoms with Gasteiger partial charge in [0.25, 0.3) is 5.91 Å². The van der Waals surface area contributed by atoms with E-state index in [2.05, 4.69) is 0 Å². The molecule has 1 aromatic rings. The maximum absolute atomic E-state index is 12.2. The Kier molecular flexibility index (Phi) is 4.35. The Hall–Kier alpha value is -2.24. The van der Waals surface area contributed by atoms with Crippen LogP contribution in [0.5, 0.6) is 11.5 Å². The van der Waals surface area contributed by atoms with Crippen LogP contribution in [0.15, 0.2) is 24.3 Å². The number of rotatable bonds is 5. The van der Waals surface area contributed by atoms with Crippen LogP contribution in [0.3, 0.4) is 0 Å². The largest absolute Gasteiger partial charge is 0.497 e. The summed E-state index contributed by atoms with van der Waals surface area (Å²) in [7, 11) is 1.55. The maximum atomic E-state index is 12.2. The number of aliphatic carboxylic acids is 1. The summed E-state index contributed by atoms with van der Waals surface area (Å²) in [6, 6.07) is 6.93. The fourth-order valence-corrected chi connectivity index (χ4v) is 2.50. The maximum Gasteiger partial charge on any atom is 0.329 e. The summed E-state index contributed by atoms with van der Waals surface area (Å²) in [5, 5.41) is 9.29. The second-order valence-corrected chi connectivity index (χ2v) is 5.20. The summed E-state index contributed by atoms with van der Waals surface area (Å²) < 4.78 is 10.5. The van der Waals surface area contributed by atoms with Gasteiger partial charge in [-0.1, -0.05) is 6.07 Å². The molecule has 0 aromatic heterocycles. The Bertz CT molecular complexity index is 545. The summed E-state index contributed by atoms with van der Waals surface area (Å²) in [5.74, 6) is -0.148. The Morgan fingerprint density at radius 3 is 2.76 bits per heavy atom. The SMILES string of the molecule is COc1cccc(OCC(=O)N2CCCC2(C)C(=O)O)c1. The molecule has 1 heterocycles. The Morgan fingerprint density at radius 1 is 1.38 bits per heavy atom. The van der Waals surface area contributed by atoms with Gasteiger partial charge >= 0.3 is 5.97 Å². The number of hydrogen-bond acceptors (Lipinski definition) is 4. The average Bonchev–Trinajstić information content (AvgIpc) is 2.88. The quantitative estimate of drug-likeness (QED) is 0.891. The van der Waals surface area contributed by atoms with E-state index in [1.807, 2.05) is 0 Å². The number of carboxylic acid groups (broad SMARTS) is 1. The number of carbonyl (C=O) groups excluding carboxylic acids is 1. The van der Waals surface area contributed by atoms with Crippen LogP contribution in [0.1, 0.15) is 19.8 Å². The number of ether oxygens (including phenoxy) is 2. The molecule has 1 unspecified atom stereocenters. The molecule has 1 saturated heterocycles. The summed E-state index contributed by atoms with van der Waals surface area (Å²) in [4.78, 5) is 24.9. The van der Waals surface area contributed by atoms with Crippen LogP contribution in [0.2, 0.25) is 0 Å². The van der Waals surface area contributed by atoms with Gasteiger partial charge in [-0.2, -0.15) is 0 Å². The molecule has 1 fully saturated rings. The van der Waals surface area contributed by atoms with Crippen molar-refractivity contribution in [3.8, 4) is 11.5 Å². The van der Waals surface area contributed by atoms with Crippen LogP contribution < -0.4 is 9.47 Å². The number of methoxy groups -OCH3 is 1. The fourth-order valence-electron chi connectivity index (χ4n) is 2.50. The van der Waals surface area contributed by atoms with Crippen molar-refractivity contribution in [2.24, 2.45) is 0 Å². The lowest BCUT2D eigenvalue weighted by Gasteiger charge is -2.31. The van der Waals surface area contributed by atoms with Gasteiger partial charge in [-0.3, -0.25) is 4.79 Å². The van der Waals surface area contributed by atoms with Gasteiger partial charge in [-0.25, -0.2) is 4.79 Å². The lowest BCUT2D eigenvalue weighted by atomic mass is 9.99. The van der Waals surface area contributed by atoms with Crippen molar-refractivity contribution in [3.63, 3.8) is 0 Å². The third kappa shape index (κ3) is 3.09. The van der Waals surface area contributed by atoms with Crippen molar-refractivity contribution in [3.05, 3.63) is 24.3 Å². The van der Waals surface area contributed by atoms with E-state index < -0.39 is 11.5 Å². The zero-order valence-electron chi connectivity index (χ0n) is 12.2. The molecule has 0 aliphatic carbocycles. The molecule has 114 valence electrons. The van der Waals surface area contributed by atoms with Gasteiger partial charge in [-0.05, 0) is 31.9 Å². The number of hydrogen-bond donors (Lipinski definition) is 1. The number of amides is 1. The lowest BCUT2D eigenvalue weighted by Crippen LogP contribution is -2.52. The van der Waals surface area contributed by atoms with Crippen molar-refractivity contribution in [2.75, 3.05) is 20.3 Å². The van der Waals surface area contributed by atoms with E-state index in [-0.39, 0.29) is 12.5 Å². The topological polar surface area (TPSA) is 76.1 Å². The monoisotopic (exact) mass is 293 g/mol. The molecule has 1 N–H and O–H groups in total. The molecule has 1 aliphatic heterocycles. The van der Waals surface area contributed by atoms with Gasteiger partial charge in [0.2, 0.25) is 0 Å². The molecule has 1 atom stereocenters. The molecule has 6 heteroatoms. The molecule has 0 spiro atoms. The number of benzene rings is 1. The minimum Gasteiger partial charge on any atom is -0.497 e. The Labute approximate surface area is 123 Å². The van der Waals surface area contributed by atoms with Crippen molar-refractivity contribution >= 4 is 11.9 Å². The van der Waals surface area contributed by atoms with Gasteiger partial charge in [0.1, 0.15) is 17.0 Å². The van der Waals surface area contributed by atoms with E-state index in [0.29, 0.717) is 30.9 Å². The average molecular weight is 293 g/mol. The standard InChI is InChI=1S/C15H19NO5/c1-15(14(18)19)7-4-8-16(15)13(17)10-21-12-6-3-5-11(9-12)20-2/h3,5-6,9H,4,7-8,10H2,1-2H3,(H,18,19).